The summed E-state index contributed by atoms with van der Waals surface area (Å²) in [6.07, 6.45) is 5.88. The zero-order chi connectivity index (χ0) is 8.97. The van der Waals surface area contributed by atoms with Gasteiger partial charge in [-0.25, -0.2) is 0 Å². The molecule has 1 rings (SSSR count). The van der Waals surface area contributed by atoms with E-state index in [1.165, 1.54) is 19.3 Å². The van der Waals surface area contributed by atoms with Gasteiger partial charge >= 0.3 is 0 Å². The molecule has 0 aromatic carbocycles. The molecular weight excluding hydrogens is 150 g/mol. The number of Topliss-reactive ketones (excluding diaryl/α,β-unsaturated/α-hetero) is 1. The van der Waals surface area contributed by atoms with Crippen molar-refractivity contribution in [2.24, 2.45) is 10.9 Å². The first kappa shape index (κ1) is 9.43. The van der Waals surface area contributed by atoms with Gasteiger partial charge in [0.25, 0.3) is 0 Å². The van der Waals surface area contributed by atoms with Crippen molar-refractivity contribution in [2.45, 2.75) is 39.0 Å². The lowest BCUT2D eigenvalue weighted by atomic mass is 9.85. The van der Waals surface area contributed by atoms with Crippen LogP contribution in [0.2, 0.25) is 0 Å². The predicted octanol–water partition coefficient (Wildman–Crippen LogP) is 2.23. The number of aliphatic imine (C=N–C) groups is 1. The van der Waals surface area contributed by atoms with Crippen LogP contribution in [-0.4, -0.2) is 18.5 Å². The van der Waals surface area contributed by atoms with E-state index >= 15 is 0 Å². The third-order valence-corrected chi connectivity index (χ3v) is 2.67. The average molecular weight is 167 g/mol. The van der Waals surface area contributed by atoms with E-state index in [0.29, 0.717) is 5.71 Å². The highest BCUT2D eigenvalue weighted by Crippen LogP contribution is 2.24. The number of rotatable bonds is 2. The Morgan fingerprint density at radius 2 is 1.83 bits per heavy atom. The monoisotopic (exact) mass is 167 g/mol. The molecule has 0 N–H and O–H groups in total. The highest BCUT2D eigenvalue weighted by molar-refractivity contribution is 6.39. The normalized spacial score (nSPS) is 21.0. The summed E-state index contributed by atoms with van der Waals surface area (Å²) in [6.45, 7) is 1.82. The molecule has 0 spiro atoms. The Balaban J connectivity index is 2.51. The van der Waals surface area contributed by atoms with Crippen molar-refractivity contribution in [1.29, 1.82) is 0 Å². The number of carbonyl (C=O) groups is 1. The Bertz CT molecular complexity index is 190. The molecule has 12 heavy (non-hydrogen) atoms. The summed E-state index contributed by atoms with van der Waals surface area (Å²) >= 11 is 0. The van der Waals surface area contributed by atoms with Crippen molar-refractivity contribution >= 4 is 11.5 Å². The first-order valence-corrected chi connectivity index (χ1v) is 4.73. The highest BCUT2D eigenvalue weighted by atomic mass is 16.1. The zero-order valence-electron chi connectivity index (χ0n) is 7.97. The minimum absolute atomic E-state index is 0.275. The summed E-state index contributed by atoms with van der Waals surface area (Å²) in [6, 6.07) is 0. The smallest absolute Gasteiger partial charge is 0.179 e. The number of nitrogens with zero attached hydrogens (tertiary/aromatic N) is 1. The van der Waals surface area contributed by atoms with Crippen LogP contribution in [0.4, 0.5) is 0 Å². The molecule has 0 bridgehead atoms. The van der Waals surface area contributed by atoms with E-state index in [1.54, 1.807) is 7.05 Å². The van der Waals surface area contributed by atoms with Crippen LogP contribution in [0.5, 0.6) is 0 Å². The predicted molar refractivity (Wildman–Crippen MR) is 50.6 cm³/mol. The van der Waals surface area contributed by atoms with Crippen LogP contribution in [0.1, 0.15) is 39.0 Å². The van der Waals surface area contributed by atoms with Crippen LogP contribution in [0, 0.1) is 5.92 Å². The fraction of sp³-hybridized carbons (Fsp3) is 0.800. The molecule has 2 nitrogen and oxygen atoms in total. The molecule has 1 aliphatic rings. The molecule has 0 atom stereocenters. The van der Waals surface area contributed by atoms with E-state index in [1.807, 2.05) is 6.92 Å². The van der Waals surface area contributed by atoms with Crippen LogP contribution >= 0.6 is 0 Å². The summed E-state index contributed by atoms with van der Waals surface area (Å²) < 4.78 is 0. The van der Waals surface area contributed by atoms with Gasteiger partial charge in [0.2, 0.25) is 0 Å². The topological polar surface area (TPSA) is 29.4 Å². The van der Waals surface area contributed by atoms with Gasteiger partial charge in [0, 0.05) is 13.0 Å². The van der Waals surface area contributed by atoms with Gasteiger partial charge in [-0.15, -0.1) is 0 Å². The first-order chi connectivity index (χ1) is 5.75. The van der Waals surface area contributed by atoms with Crippen molar-refractivity contribution in [3.05, 3.63) is 0 Å². The molecule has 0 amide bonds. The fourth-order valence-corrected chi connectivity index (χ4v) is 1.77. The van der Waals surface area contributed by atoms with Crippen LogP contribution in [0.15, 0.2) is 4.99 Å². The van der Waals surface area contributed by atoms with E-state index in [2.05, 4.69) is 4.99 Å². The third-order valence-electron chi connectivity index (χ3n) is 2.67. The second-order valence-electron chi connectivity index (χ2n) is 3.51. The van der Waals surface area contributed by atoms with Gasteiger partial charge in [-0.3, -0.25) is 9.79 Å². The number of hydrogen-bond donors (Lipinski definition) is 0. The molecule has 0 aliphatic heterocycles. The van der Waals surface area contributed by atoms with E-state index in [0.717, 1.165) is 12.8 Å². The standard InChI is InChI=1S/C10H17NO/c1-8(11-2)10(12)9-6-4-3-5-7-9/h9H,3-7H2,1-2H3. The number of hydrogen-bond acceptors (Lipinski definition) is 2. The second kappa shape index (κ2) is 4.39. The van der Waals surface area contributed by atoms with Gasteiger partial charge in [-0.05, 0) is 19.8 Å². The SMILES string of the molecule is CN=C(C)C(=O)C1CCCCC1. The van der Waals surface area contributed by atoms with Crippen LogP contribution < -0.4 is 0 Å². The van der Waals surface area contributed by atoms with Crippen LogP contribution in [0.25, 0.3) is 0 Å². The van der Waals surface area contributed by atoms with Crippen molar-refractivity contribution in [2.75, 3.05) is 7.05 Å². The summed E-state index contributed by atoms with van der Waals surface area (Å²) in [5, 5.41) is 0. The molecule has 0 radical (unpaired) electrons. The van der Waals surface area contributed by atoms with Gasteiger partial charge in [-0.2, -0.15) is 0 Å². The Kier molecular flexibility index (Phi) is 3.45. The molecule has 1 fully saturated rings. The molecule has 0 saturated heterocycles. The maximum atomic E-state index is 11.6. The number of carbonyl (C=O) groups excluding carboxylic acids is 1. The van der Waals surface area contributed by atoms with Gasteiger partial charge in [0.15, 0.2) is 5.78 Å². The molecule has 2 heteroatoms. The van der Waals surface area contributed by atoms with Crippen molar-refractivity contribution in [1.82, 2.24) is 0 Å². The molecular formula is C10H17NO. The summed E-state index contributed by atoms with van der Waals surface area (Å²) in [7, 11) is 1.69. The van der Waals surface area contributed by atoms with E-state index in [-0.39, 0.29) is 11.7 Å². The molecule has 0 heterocycles. The summed E-state index contributed by atoms with van der Waals surface area (Å²) in [5.74, 6) is 0.555. The molecule has 0 aromatic rings. The van der Waals surface area contributed by atoms with E-state index < -0.39 is 0 Å². The lowest BCUT2D eigenvalue weighted by Gasteiger charge is -2.19. The molecule has 1 saturated carbocycles. The lowest BCUT2D eigenvalue weighted by Crippen LogP contribution is -2.23. The quantitative estimate of drug-likeness (QED) is 0.580. The van der Waals surface area contributed by atoms with Crippen molar-refractivity contribution in [3.8, 4) is 0 Å². The van der Waals surface area contributed by atoms with Gasteiger partial charge in [0.05, 0.1) is 5.71 Å². The average Bonchev–Trinajstić information content (AvgIpc) is 2.17. The van der Waals surface area contributed by atoms with Crippen molar-refractivity contribution < 1.29 is 4.79 Å². The minimum atomic E-state index is 0.275. The largest absolute Gasteiger partial charge is 0.293 e. The lowest BCUT2D eigenvalue weighted by molar-refractivity contribution is -0.117. The summed E-state index contributed by atoms with van der Waals surface area (Å²) in [5.41, 5.74) is 0.696. The first-order valence-electron chi connectivity index (χ1n) is 4.73. The van der Waals surface area contributed by atoms with Crippen molar-refractivity contribution in [3.63, 3.8) is 0 Å². The fourth-order valence-electron chi connectivity index (χ4n) is 1.77. The van der Waals surface area contributed by atoms with Crippen LogP contribution in [-0.2, 0) is 4.79 Å². The zero-order valence-corrected chi connectivity index (χ0v) is 7.97. The van der Waals surface area contributed by atoms with E-state index in [9.17, 15) is 4.79 Å². The van der Waals surface area contributed by atoms with Gasteiger partial charge in [0.1, 0.15) is 0 Å². The Labute approximate surface area is 74.1 Å². The van der Waals surface area contributed by atoms with Gasteiger partial charge in [-0.1, -0.05) is 19.3 Å². The number of ketones is 1. The summed E-state index contributed by atoms with van der Waals surface area (Å²) in [4.78, 5) is 15.5. The molecule has 1 aliphatic carbocycles. The van der Waals surface area contributed by atoms with E-state index in [4.69, 9.17) is 0 Å². The minimum Gasteiger partial charge on any atom is -0.293 e. The van der Waals surface area contributed by atoms with Gasteiger partial charge < -0.3 is 0 Å². The Morgan fingerprint density at radius 3 is 2.33 bits per heavy atom. The Morgan fingerprint density at radius 1 is 1.25 bits per heavy atom. The Hall–Kier alpha value is -0.660. The highest BCUT2D eigenvalue weighted by Gasteiger charge is 2.22. The maximum Gasteiger partial charge on any atom is 0.179 e. The molecule has 0 aromatic heterocycles. The molecule has 68 valence electrons. The third kappa shape index (κ3) is 2.16. The van der Waals surface area contributed by atoms with Crippen LogP contribution in [0.3, 0.4) is 0 Å². The maximum absolute atomic E-state index is 11.6. The second-order valence-corrected chi connectivity index (χ2v) is 3.51. The molecule has 0 unspecified atom stereocenters.